The van der Waals surface area contributed by atoms with Crippen LogP contribution in [-0.4, -0.2) is 36.7 Å². The maximum atomic E-state index is 4.94. The molecule has 5 heavy (non-hydrogen) atoms. The first-order valence-corrected chi connectivity index (χ1v) is 1.15. The minimum atomic E-state index is 0. The fourth-order valence-corrected chi connectivity index (χ4v) is 0. The molecule has 2 nitrogen and oxygen atoms in total. The van der Waals surface area contributed by atoms with Gasteiger partial charge in [0.25, 0.3) is 0 Å². The summed E-state index contributed by atoms with van der Waals surface area (Å²) in [6.45, 7) is 0. The van der Waals surface area contributed by atoms with Crippen LogP contribution >= 0.6 is 0 Å². The summed E-state index contributed by atoms with van der Waals surface area (Å²) in [5.41, 5.74) is 0. The summed E-state index contributed by atoms with van der Waals surface area (Å²) in [6, 6.07) is 0. The van der Waals surface area contributed by atoms with E-state index in [0.29, 0.717) is 0 Å². The molecule has 0 saturated carbocycles. The van der Waals surface area contributed by atoms with E-state index in [2.05, 4.69) is 0 Å². The molecule has 0 rings (SSSR count). The fraction of sp³-hybridized carbons (Fsp3) is 1.00. The first-order valence-electron chi connectivity index (χ1n) is 1.15. The van der Waals surface area contributed by atoms with Crippen molar-refractivity contribution in [1.29, 1.82) is 0 Å². The van der Waals surface area contributed by atoms with Gasteiger partial charge in [-0.3, -0.25) is 10.9 Å². The van der Waals surface area contributed by atoms with Gasteiger partial charge in [0.1, 0.15) is 0 Å². The summed E-state index contributed by atoms with van der Waals surface area (Å²) in [6.07, 6.45) is 0. The molecule has 2 N–H and O–H groups in total. The summed E-state index contributed by atoms with van der Waals surface area (Å²) in [5, 5.41) is 1.50. The second-order valence-electron chi connectivity index (χ2n) is 0.964. The van der Waals surface area contributed by atoms with E-state index in [4.69, 9.17) is 5.84 Å². The normalized spacial score (nSPS) is 7.20. The second kappa shape index (κ2) is 4.46. The zero-order valence-corrected chi connectivity index (χ0v) is 3.02. The molecule has 0 radical (unpaired) electrons. The van der Waals surface area contributed by atoms with Gasteiger partial charge in [0.05, 0.1) is 0 Å². The molecular formula is C2H12GeN2. The molecule has 0 fully saturated rings. The molecule has 0 aromatic heterocycles. The number of rotatable bonds is 0. The molecule has 0 aromatic carbocycles. The van der Waals surface area contributed by atoms with Crippen LogP contribution in [0.2, 0.25) is 0 Å². The van der Waals surface area contributed by atoms with Crippen LogP contribution in [0.4, 0.5) is 0 Å². The van der Waals surface area contributed by atoms with Gasteiger partial charge >= 0.3 is 17.6 Å². The molecule has 0 unspecified atom stereocenters. The third-order valence-electron chi connectivity index (χ3n) is 0. The Kier molecular flexibility index (Phi) is 8.10. The van der Waals surface area contributed by atoms with E-state index in [9.17, 15) is 0 Å². The Labute approximate surface area is 43.3 Å². The van der Waals surface area contributed by atoms with Crippen molar-refractivity contribution in [2.24, 2.45) is 5.84 Å². The number of hydrogen-bond acceptors (Lipinski definition) is 2. The first kappa shape index (κ1) is 9.07. The summed E-state index contributed by atoms with van der Waals surface area (Å²) >= 11 is 0. The Morgan fingerprint density at radius 2 is 1.40 bits per heavy atom. The molecule has 0 spiro atoms. The van der Waals surface area contributed by atoms with Gasteiger partial charge in [-0.05, 0) is 0 Å². The molecule has 3 heteroatoms. The summed E-state index contributed by atoms with van der Waals surface area (Å²) in [4.78, 5) is 0. The average molecular weight is 137 g/mol. The van der Waals surface area contributed by atoms with Gasteiger partial charge in [-0.1, -0.05) is 0 Å². The van der Waals surface area contributed by atoms with Crippen LogP contribution < -0.4 is 5.84 Å². The van der Waals surface area contributed by atoms with E-state index < -0.39 is 0 Å². The summed E-state index contributed by atoms with van der Waals surface area (Å²) < 4.78 is 0. The van der Waals surface area contributed by atoms with Crippen LogP contribution in [0.15, 0.2) is 0 Å². The van der Waals surface area contributed by atoms with Crippen LogP contribution in [0.1, 0.15) is 0 Å². The molecule has 0 bridgehead atoms. The van der Waals surface area contributed by atoms with Crippen LogP contribution in [0.3, 0.4) is 0 Å². The van der Waals surface area contributed by atoms with Crippen LogP contribution in [0, 0.1) is 0 Å². The van der Waals surface area contributed by atoms with Crippen LogP contribution in [0.25, 0.3) is 0 Å². The molecule has 0 amide bonds. The molecule has 0 aliphatic rings. The predicted octanol–water partition coefficient (Wildman–Crippen LogP) is -2.03. The minimum absolute atomic E-state index is 0. The Bertz CT molecular complexity index is 12.4. The zero-order chi connectivity index (χ0) is 3.58. The van der Waals surface area contributed by atoms with Crippen LogP contribution in [0.5, 0.6) is 0 Å². The summed E-state index contributed by atoms with van der Waals surface area (Å²) in [5.74, 6) is 4.94. The topological polar surface area (TPSA) is 29.3 Å². The van der Waals surface area contributed by atoms with E-state index in [1.165, 1.54) is 5.01 Å². The van der Waals surface area contributed by atoms with Gasteiger partial charge in [0.15, 0.2) is 0 Å². The quantitative estimate of drug-likeness (QED) is 0.237. The average Bonchev–Trinajstić information content (AvgIpc) is 0.811. The molecule has 0 heterocycles. The summed E-state index contributed by atoms with van der Waals surface area (Å²) in [7, 11) is 3.56. The van der Waals surface area contributed by atoms with Gasteiger partial charge in [-0.15, -0.1) is 0 Å². The molecule has 0 saturated heterocycles. The van der Waals surface area contributed by atoms with Crippen LogP contribution in [-0.2, 0) is 0 Å². The van der Waals surface area contributed by atoms with E-state index in [0.717, 1.165) is 0 Å². The number of nitrogens with zero attached hydrogens (tertiary/aromatic N) is 1. The van der Waals surface area contributed by atoms with Gasteiger partial charge in [-0.2, -0.15) is 0 Å². The zero-order valence-electron chi connectivity index (χ0n) is 3.02. The number of nitrogens with two attached hydrogens (primary N) is 1. The van der Waals surface area contributed by atoms with E-state index in [-0.39, 0.29) is 17.6 Å². The first-order chi connectivity index (χ1) is 1.73. The second-order valence-corrected chi connectivity index (χ2v) is 0.964. The Hall–Kier alpha value is 0.463. The molecule has 0 aliphatic carbocycles. The SMILES string of the molecule is CN(C)N.[GeH4]. The van der Waals surface area contributed by atoms with Gasteiger partial charge in [-0.25, -0.2) is 0 Å². The van der Waals surface area contributed by atoms with Crippen molar-refractivity contribution < 1.29 is 0 Å². The molecule has 0 atom stereocenters. The van der Waals surface area contributed by atoms with Gasteiger partial charge in [0.2, 0.25) is 0 Å². The molecular weight excluding hydrogens is 125 g/mol. The van der Waals surface area contributed by atoms with Crippen molar-refractivity contribution in [3.8, 4) is 0 Å². The van der Waals surface area contributed by atoms with E-state index >= 15 is 0 Å². The monoisotopic (exact) mass is 138 g/mol. The third-order valence-corrected chi connectivity index (χ3v) is 0. The van der Waals surface area contributed by atoms with E-state index in [1.807, 2.05) is 0 Å². The molecule has 0 aromatic rings. The van der Waals surface area contributed by atoms with Crippen molar-refractivity contribution in [2.45, 2.75) is 0 Å². The Morgan fingerprint density at radius 1 is 1.40 bits per heavy atom. The van der Waals surface area contributed by atoms with Crippen molar-refractivity contribution in [2.75, 3.05) is 14.1 Å². The fourth-order valence-electron chi connectivity index (χ4n) is 0. The number of hydrazine groups is 1. The Morgan fingerprint density at radius 3 is 1.40 bits per heavy atom. The standard InChI is InChI=1S/C2H8N2.GeH4/c1-4(2)3;/h3H2,1-2H3;1H4. The molecule has 0 aliphatic heterocycles. The predicted molar refractivity (Wildman–Crippen MR) is 29.2 cm³/mol. The van der Waals surface area contributed by atoms with Gasteiger partial charge < -0.3 is 0 Å². The number of hydrogen-bond donors (Lipinski definition) is 1. The third kappa shape index (κ3) is 126. The van der Waals surface area contributed by atoms with E-state index in [1.54, 1.807) is 14.1 Å². The van der Waals surface area contributed by atoms with Crippen molar-refractivity contribution in [3.05, 3.63) is 0 Å². The van der Waals surface area contributed by atoms with Gasteiger partial charge in [0, 0.05) is 14.1 Å². The Balaban J connectivity index is 0. The maximum absolute atomic E-state index is 4.94. The van der Waals surface area contributed by atoms with Crippen molar-refractivity contribution in [1.82, 2.24) is 5.01 Å². The molecule has 34 valence electrons. The van der Waals surface area contributed by atoms with Crippen molar-refractivity contribution >= 4 is 17.6 Å². The van der Waals surface area contributed by atoms with Crippen molar-refractivity contribution in [3.63, 3.8) is 0 Å².